The van der Waals surface area contributed by atoms with Gasteiger partial charge in [-0.25, -0.2) is 8.42 Å². The Hall–Kier alpha value is -0.520. The lowest BCUT2D eigenvalue weighted by Gasteiger charge is -2.21. The Morgan fingerprint density at radius 3 is 2.10 bits per heavy atom. The first-order valence-corrected chi connectivity index (χ1v) is 9.73. The third-order valence-corrected chi connectivity index (χ3v) is 5.74. The maximum Gasteiger partial charge on any atom is 0.244 e. The smallest absolute Gasteiger partial charge is 0.244 e. The number of hydrogen-bond donors (Lipinski definition) is 0. The molecule has 1 aromatic heterocycles. The molecule has 6 heteroatoms. The van der Waals surface area contributed by atoms with E-state index in [2.05, 4.69) is 13.8 Å². The number of unbranched alkanes of at least 4 members (excludes halogenated alkanes) is 2. The van der Waals surface area contributed by atoms with Crippen LogP contribution in [0.3, 0.4) is 0 Å². The van der Waals surface area contributed by atoms with E-state index in [9.17, 15) is 8.42 Å². The molecule has 0 fully saturated rings. The number of aromatic nitrogens is 1. The average molecular weight is 335 g/mol. The summed E-state index contributed by atoms with van der Waals surface area (Å²) in [4.78, 5) is 0.368. The molecule has 0 saturated heterocycles. The van der Waals surface area contributed by atoms with Crippen molar-refractivity contribution in [3.8, 4) is 0 Å². The summed E-state index contributed by atoms with van der Waals surface area (Å²) in [6, 6.07) is 1.71. The minimum absolute atomic E-state index is 0.327. The Morgan fingerprint density at radius 2 is 1.71 bits per heavy atom. The quantitative estimate of drug-likeness (QED) is 0.610. The Morgan fingerprint density at radius 1 is 1.14 bits per heavy atom. The largest absolute Gasteiger partial charge is 0.349 e. The monoisotopic (exact) mass is 334 g/mol. The molecule has 1 aromatic rings. The summed E-state index contributed by atoms with van der Waals surface area (Å²) in [5.74, 6) is 0.327. The maximum atomic E-state index is 12.8. The highest BCUT2D eigenvalue weighted by molar-refractivity contribution is 7.89. The van der Waals surface area contributed by atoms with Crippen molar-refractivity contribution in [1.82, 2.24) is 8.87 Å². The van der Waals surface area contributed by atoms with Crippen molar-refractivity contribution < 1.29 is 8.42 Å². The van der Waals surface area contributed by atoms with E-state index in [-0.39, 0.29) is 0 Å². The molecule has 0 radical (unpaired) electrons. The van der Waals surface area contributed by atoms with Gasteiger partial charge in [0.2, 0.25) is 10.0 Å². The average Bonchev–Trinajstić information content (AvgIpc) is 2.91. The molecule has 1 heterocycles. The topological polar surface area (TPSA) is 42.3 Å². The van der Waals surface area contributed by atoms with Crippen LogP contribution in [0.15, 0.2) is 17.2 Å². The summed E-state index contributed by atoms with van der Waals surface area (Å²) in [5, 5.41) is 0. The lowest BCUT2D eigenvalue weighted by Crippen LogP contribution is -2.32. The van der Waals surface area contributed by atoms with Crippen molar-refractivity contribution in [2.24, 2.45) is 0 Å². The first-order chi connectivity index (χ1) is 10.0. The summed E-state index contributed by atoms with van der Waals surface area (Å²) in [7, 11) is -3.41. The number of alkyl halides is 1. The summed E-state index contributed by atoms with van der Waals surface area (Å²) in [5.41, 5.74) is 0.851. The number of nitrogens with zero attached hydrogens (tertiary/aromatic N) is 2. The highest BCUT2D eigenvalue weighted by atomic mass is 35.5. The molecule has 0 atom stereocenters. The van der Waals surface area contributed by atoms with Crippen LogP contribution in [-0.4, -0.2) is 30.4 Å². The standard InChI is InChI=1S/C15H27ClN2O2S/c1-4-7-9-18(10-8-5-2)21(19,20)15-11-14(12-16)17(6-3)13-15/h11,13H,4-10,12H2,1-3H3. The van der Waals surface area contributed by atoms with Gasteiger partial charge in [-0.1, -0.05) is 26.7 Å². The normalized spacial score (nSPS) is 12.2. The van der Waals surface area contributed by atoms with Gasteiger partial charge >= 0.3 is 0 Å². The molecule has 0 aromatic carbocycles. The molecular formula is C15H27ClN2O2S. The van der Waals surface area contributed by atoms with E-state index in [1.165, 1.54) is 0 Å². The highest BCUT2D eigenvalue weighted by Gasteiger charge is 2.25. The predicted molar refractivity (Wildman–Crippen MR) is 88.2 cm³/mol. The van der Waals surface area contributed by atoms with Gasteiger partial charge in [0.05, 0.1) is 5.88 Å². The molecule has 0 unspecified atom stereocenters. The van der Waals surface area contributed by atoms with Gasteiger partial charge in [-0.15, -0.1) is 11.6 Å². The number of hydrogen-bond acceptors (Lipinski definition) is 2. The van der Waals surface area contributed by atoms with Crippen molar-refractivity contribution in [1.29, 1.82) is 0 Å². The number of sulfonamides is 1. The molecule has 1 rings (SSSR count). The molecule has 4 nitrogen and oxygen atoms in total. The van der Waals surface area contributed by atoms with Gasteiger partial charge < -0.3 is 4.57 Å². The first kappa shape index (κ1) is 18.5. The molecule has 0 spiro atoms. The van der Waals surface area contributed by atoms with Gasteiger partial charge in [0.15, 0.2) is 0 Å². The fourth-order valence-electron chi connectivity index (χ4n) is 2.24. The number of halogens is 1. The summed E-state index contributed by atoms with van der Waals surface area (Å²) in [6.45, 7) is 8.03. The van der Waals surface area contributed by atoms with E-state index >= 15 is 0 Å². The maximum absolute atomic E-state index is 12.8. The fourth-order valence-corrected chi connectivity index (χ4v) is 4.05. The lowest BCUT2D eigenvalue weighted by atomic mass is 10.3. The highest BCUT2D eigenvalue weighted by Crippen LogP contribution is 2.21. The van der Waals surface area contributed by atoms with Crippen LogP contribution < -0.4 is 0 Å². The van der Waals surface area contributed by atoms with Gasteiger partial charge in [-0.3, -0.25) is 0 Å². The molecule has 21 heavy (non-hydrogen) atoms. The van der Waals surface area contributed by atoms with Crippen LogP contribution in [-0.2, 0) is 22.4 Å². The van der Waals surface area contributed by atoms with Crippen LogP contribution >= 0.6 is 11.6 Å². The summed E-state index contributed by atoms with van der Waals surface area (Å²) >= 11 is 5.89. The van der Waals surface area contributed by atoms with Crippen LogP contribution in [0.4, 0.5) is 0 Å². The molecule has 0 saturated carbocycles. The second kappa shape index (κ2) is 8.81. The third kappa shape index (κ3) is 4.73. The second-order valence-electron chi connectivity index (χ2n) is 5.20. The Labute approximate surface area is 134 Å². The Balaban J connectivity index is 3.05. The predicted octanol–water partition coefficient (Wildman–Crippen LogP) is 3.84. The van der Waals surface area contributed by atoms with Crippen LogP contribution in [0.25, 0.3) is 0 Å². The molecule has 0 N–H and O–H groups in total. The van der Waals surface area contributed by atoms with Gasteiger partial charge in [-0.2, -0.15) is 4.31 Å². The van der Waals surface area contributed by atoms with E-state index < -0.39 is 10.0 Å². The van der Waals surface area contributed by atoms with Crippen LogP contribution in [0, 0.1) is 0 Å². The van der Waals surface area contributed by atoms with Crippen molar-refractivity contribution >= 4 is 21.6 Å². The first-order valence-electron chi connectivity index (χ1n) is 7.76. The minimum atomic E-state index is -3.41. The zero-order valence-corrected chi connectivity index (χ0v) is 14.9. The van der Waals surface area contributed by atoms with Crippen molar-refractivity contribution in [2.75, 3.05) is 13.1 Å². The summed E-state index contributed by atoms with van der Waals surface area (Å²) < 4.78 is 29.1. The lowest BCUT2D eigenvalue weighted by molar-refractivity contribution is 0.395. The van der Waals surface area contributed by atoms with Crippen molar-refractivity contribution in [2.45, 2.75) is 63.8 Å². The van der Waals surface area contributed by atoms with E-state index in [0.717, 1.165) is 37.9 Å². The molecule has 0 aliphatic carbocycles. The Bertz CT molecular complexity index is 496. The van der Waals surface area contributed by atoms with E-state index in [0.29, 0.717) is 23.9 Å². The number of rotatable bonds is 10. The van der Waals surface area contributed by atoms with E-state index in [4.69, 9.17) is 11.6 Å². The molecule has 0 aliphatic rings. The van der Waals surface area contributed by atoms with Gasteiger partial charge in [0, 0.05) is 31.5 Å². The second-order valence-corrected chi connectivity index (χ2v) is 7.40. The zero-order valence-electron chi connectivity index (χ0n) is 13.3. The summed E-state index contributed by atoms with van der Waals surface area (Å²) in [6.07, 6.45) is 5.46. The molecule has 122 valence electrons. The van der Waals surface area contributed by atoms with Crippen molar-refractivity contribution in [3.63, 3.8) is 0 Å². The SMILES string of the molecule is CCCCN(CCCC)S(=O)(=O)c1cc(CCl)n(CC)c1. The van der Waals surface area contributed by atoms with Gasteiger partial charge in [0.25, 0.3) is 0 Å². The van der Waals surface area contributed by atoms with Crippen LogP contribution in [0.5, 0.6) is 0 Å². The Kier molecular flexibility index (Phi) is 7.77. The van der Waals surface area contributed by atoms with Gasteiger partial charge in [-0.05, 0) is 25.8 Å². The molecular weight excluding hydrogens is 308 g/mol. The minimum Gasteiger partial charge on any atom is -0.349 e. The van der Waals surface area contributed by atoms with Crippen LogP contribution in [0.2, 0.25) is 0 Å². The number of aryl methyl sites for hydroxylation is 1. The zero-order chi connectivity index (χ0) is 15.9. The fraction of sp³-hybridized carbons (Fsp3) is 0.733. The molecule has 0 aliphatic heterocycles. The molecule has 0 bridgehead atoms. The van der Waals surface area contributed by atoms with Crippen LogP contribution in [0.1, 0.15) is 52.1 Å². The third-order valence-electron chi connectivity index (χ3n) is 3.60. The van der Waals surface area contributed by atoms with Gasteiger partial charge in [0.1, 0.15) is 4.90 Å². The van der Waals surface area contributed by atoms with Crippen molar-refractivity contribution in [3.05, 3.63) is 18.0 Å². The molecule has 0 amide bonds. The van der Waals surface area contributed by atoms with E-state index in [1.54, 1.807) is 16.6 Å². The van der Waals surface area contributed by atoms with E-state index in [1.807, 2.05) is 11.5 Å².